The molecular weight excluding hydrogens is 1070 g/mol. The maximum Gasteiger partial charge on any atom is 0.305 e. The molecule has 516 valence electrons. The lowest BCUT2D eigenvalue weighted by Crippen LogP contribution is -2.45. The molecular formula is C81H157NO5. The molecule has 0 radical (unpaired) electrons. The lowest BCUT2D eigenvalue weighted by molar-refractivity contribution is -0.143. The molecule has 1 amide bonds. The maximum absolute atomic E-state index is 12.5. The summed E-state index contributed by atoms with van der Waals surface area (Å²) in [6, 6.07) is -0.628. The molecule has 0 heterocycles. The monoisotopic (exact) mass is 1220 g/mol. The number of nitrogens with one attached hydrogen (secondary N) is 1. The van der Waals surface area contributed by atoms with Crippen molar-refractivity contribution >= 4 is 11.9 Å². The van der Waals surface area contributed by atoms with Crippen molar-refractivity contribution in [3.63, 3.8) is 0 Å². The fraction of sp³-hybridized carbons (Fsp3) is 0.926. The summed E-state index contributed by atoms with van der Waals surface area (Å²) in [6.45, 7) is 4.96. The number of hydrogen-bond acceptors (Lipinski definition) is 5. The molecule has 0 bridgehead atoms. The van der Waals surface area contributed by atoms with Crippen LogP contribution in [0.1, 0.15) is 457 Å². The van der Waals surface area contributed by atoms with Gasteiger partial charge in [0.15, 0.2) is 0 Å². The SMILES string of the molecule is CCCCCCCCCCCCCCCCCCCCCC/C=C/C(O)C(CO)NC(=O)CCCCCCCCCCCCCCCC/C=C\CCCCCCCCCCCCCCOC(=O)CCCCCCCCCCCCCCCCCCCC. The van der Waals surface area contributed by atoms with Crippen LogP contribution in [0, 0.1) is 0 Å². The molecule has 6 nitrogen and oxygen atoms in total. The summed E-state index contributed by atoms with van der Waals surface area (Å²) >= 11 is 0. The Morgan fingerprint density at radius 2 is 0.540 bits per heavy atom. The molecule has 0 aromatic carbocycles. The Morgan fingerprint density at radius 3 is 0.816 bits per heavy atom. The molecule has 0 aliphatic rings. The van der Waals surface area contributed by atoms with Crippen molar-refractivity contribution in [2.75, 3.05) is 13.2 Å². The zero-order valence-corrected chi connectivity index (χ0v) is 59.3. The van der Waals surface area contributed by atoms with Crippen LogP contribution in [0.5, 0.6) is 0 Å². The minimum Gasteiger partial charge on any atom is -0.466 e. The van der Waals surface area contributed by atoms with Crippen LogP contribution in [-0.4, -0.2) is 47.4 Å². The zero-order valence-electron chi connectivity index (χ0n) is 59.3. The Morgan fingerprint density at radius 1 is 0.310 bits per heavy atom. The van der Waals surface area contributed by atoms with Crippen molar-refractivity contribution in [2.45, 2.75) is 469 Å². The van der Waals surface area contributed by atoms with Gasteiger partial charge in [0, 0.05) is 12.8 Å². The first-order valence-electron chi connectivity index (χ1n) is 40.1. The summed E-state index contributed by atoms with van der Waals surface area (Å²) in [5.74, 6) is -0.0391. The Bertz CT molecular complexity index is 1360. The van der Waals surface area contributed by atoms with E-state index < -0.39 is 12.1 Å². The maximum atomic E-state index is 12.5. The van der Waals surface area contributed by atoms with Gasteiger partial charge in [-0.3, -0.25) is 9.59 Å². The number of carbonyl (C=O) groups excluding carboxylic acids is 2. The molecule has 0 aromatic rings. The number of unbranched alkanes of at least 4 members (excludes halogenated alkanes) is 63. The Kier molecular flexibility index (Phi) is 75.3. The van der Waals surface area contributed by atoms with E-state index in [-0.39, 0.29) is 18.5 Å². The molecule has 0 saturated heterocycles. The van der Waals surface area contributed by atoms with Gasteiger partial charge in [-0.2, -0.15) is 0 Å². The first kappa shape index (κ1) is 85.3. The summed E-state index contributed by atoms with van der Waals surface area (Å²) in [4.78, 5) is 24.7. The summed E-state index contributed by atoms with van der Waals surface area (Å²) in [7, 11) is 0. The fourth-order valence-corrected chi connectivity index (χ4v) is 12.9. The zero-order chi connectivity index (χ0) is 62.8. The number of amides is 1. The summed E-state index contributed by atoms with van der Waals surface area (Å²) < 4.78 is 5.52. The van der Waals surface area contributed by atoms with Crippen LogP contribution in [0.25, 0.3) is 0 Å². The number of allylic oxidation sites excluding steroid dienone is 3. The van der Waals surface area contributed by atoms with Crippen molar-refractivity contribution in [3.8, 4) is 0 Å². The number of aliphatic hydroxyl groups excluding tert-OH is 2. The van der Waals surface area contributed by atoms with Crippen LogP contribution >= 0.6 is 0 Å². The van der Waals surface area contributed by atoms with Crippen LogP contribution in [0.2, 0.25) is 0 Å². The van der Waals surface area contributed by atoms with Crippen LogP contribution in [-0.2, 0) is 14.3 Å². The molecule has 0 aliphatic carbocycles. The first-order chi connectivity index (χ1) is 43.0. The Balaban J connectivity index is 3.37. The number of carbonyl (C=O) groups is 2. The predicted octanol–water partition coefficient (Wildman–Crippen LogP) is 26.4. The van der Waals surface area contributed by atoms with Crippen molar-refractivity contribution in [1.29, 1.82) is 0 Å². The van der Waals surface area contributed by atoms with Gasteiger partial charge in [-0.25, -0.2) is 0 Å². The second kappa shape index (κ2) is 76.8. The van der Waals surface area contributed by atoms with Gasteiger partial charge in [0.1, 0.15) is 0 Å². The molecule has 0 spiro atoms. The third-order valence-corrected chi connectivity index (χ3v) is 19.0. The highest BCUT2D eigenvalue weighted by molar-refractivity contribution is 5.76. The van der Waals surface area contributed by atoms with Crippen LogP contribution in [0.4, 0.5) is 0 Å². The molecule has 0 aromatic heterocycles. The molecule has 0 aliphatic heterocycles. The van der Waals surface area contributed by atoms with Gasteiger partial charge < -0.3 is 20.3 Å². The standard InChI is InChI=1S/C81H157NO5/c1-3-5-7-9-11-13-15-17-19-21-23-24-35-38-41-45-49-53-57-61-65-69-73-79(84)78(77-83)82-80(85)74-70-66-62-58-54-50-46-42-39-36-33-31-29-27-25-26-28-30-32-34-37-40-44-48-52-56-60-64-68-72-76-87-81(86)75-71-67-63-59-55-51-47-43-22-20-18-16-14-12-10-8-6-4-2/h26,28,69,73,78-79,83-84H,3-25,27,29-68,70-72,74-77H2,1-2H3,(H,82,85)/b28-26-,73-69+. The van der Waals surface area contributed by atoms with E-state index in [0.29, 0.717) is 19.4 Å². The molecule has 3 N–H and O–H groups in total. The van der Waals surface area contributed by atoms with Crippen LogP contribution in [0.15, 0.2) is 24.3 Å². The molecule has 0 fully saturated rings. The third kappa shape index (κ3) is 73.3. The number of esters is 1. The van der Waals surface area contributed by atoms with Gasteiger partial charge in [-0.1, -0.05) is 411 Å². The molecule has 2 unspecified atom stereocenters. The van der Waals surface area contributed by atoms with E-state index in [1.54, 1.807) is 6.08 Å². The van der Waals surface area contributed by atoms with Gasteiger partial charge in [0.2, 0.25) is 5.91 Å². The van der Waals surface area contributed by atoms with Gasteiger partial charge in [-0.15, -0.1) is 0 Å². The average Bonchev–Trinajstić information content (AvgIpc) is 3.57. The minimum atomic E-state index is -0.845. The topological polar surface area (TPSA) is 95.9 Å². The van der Waals surface area contributed by atoms with Crippen molar-refractivity contribution < 1.29 is 24.5 Å². The molecule has 0 rings (SSSR count). The highest BCUT2D eigenvalue weighted by Crippen LogP contribution is 2.20. The van der Waals surface area contributed by atoms with Crippen LogP contribution in [0.3, 0.4) is 0 Å². The van der Waals surface area contributed by atoms with Gasteiger partial charge in [0.05, 0.1) is 25.4 Å². The number of rotatable bonds is 76. The Labute approximate surface area is 545 Å². The van der Waals surface area contributed by atoms with E-state index >= 15 is 0 Å². The average molecular weight is 1230 g/mol. The quantitative estimate of drug-likeness (QED) is 0.0320. The molecule has 6 heteroatoms. The first-order valence-corrected chi connectivity index (χ1v) is 40.1. The van der Waals surface area contributed by atoms with Gasteiger partial charge >= 0.3 is 5.97 Å². The van der Waals surface area contributed by atoms with E-state index in [4.69, 9.17) is 4.74 Å². The van der Waals surface area contributed by atoms with Crippen LogP contribution < -0.4 is 5.32 Å². The van der Waals surface area contributed by atoms with E-state index in [0.717, 1.165) is 38.5 Å². The highest BCUT2D eigenvalue weighted by Gasteiger charge is 2.18. The van der Waals surface area contributed by atoms with E-state index in [1.807, 2.05) is 6.08 Å². The summed E-state index contributed by atoms with van der Waals surface area (Å²) in [6.07, 6.45) is 98.7. The Hall–Kier alpha value is -1.66. The second-order valence-corrected chi connectivity index (χ2v) is 27.8. The van der Waals surface area contributed by atoms with E-state index in [1.165, 1.54) is 392 Å². The van der Waals surface area contributed by atoms with Gasteiger partial charge in [0.25, 0.3) is 0 Å². The normalized spacial score (nSPS) is 12.6. The smallest absolute Gasteiger partial charge is 0.305 e. The predicted molar refractivity (Wildman–Crippen MR) is 384 cm³/mol. The lowest BCUT2D eigenvalue weighted by atomic mass is 10.0. The van der Waals surface area contributed by atoms with Crippen molar-refractivity contribution in [3.05, 3.63) is 24.3 Å². The van der Waals surface area contributed by atoms with E-state index in [9.17, 15) is 19.8 Å². The molecule has 87 heavy (non-hydrogen) atoms. The van der Waals surface area contributed by atoms with Gasteiger partial charge in [-0.05, 0) is 57.8 Å². The summed E-state index contributed by atoms with van der Waals surface area (Å²) in [5.41, 5.74) is 0. The molecule has 2 atom stereocenters. The number of hydrogen-bond donors (Lipinski definition) is 3. The second-order valence-electron chi connectivity index (χ2n) is 27.8. The van der Waals surface area contributed by atoms with Crippen molar-refractivity contribution in [2.24, 2.45) is 0 Å². The van der Waals surface area contributed by atoms with E-state index in [2.05, 4.69) is 31.3 Å². The largest absolute Gasteiger partial charge is 0.466 e. The minimum absolute atomic E-state index is 0.0223. The number of ether oxygens (including phenoxy) is 1. The highest BCUT2D eigenvalue weighted by atomic mass is 16.5. The van der Waals surface area contributed by atoms with Crippen molar-refractivity contribution in [1.82, 2.24) is 5.32 Å². The number of aliphatic hydroxyl groups is 2. The fourth-order valence-electron chi connectivity index (χ4n) is 12.9. The lowest BCUT2D eigenvalue weighted by Gasteiger charge is -2.20. The third-order valence-electron chi connectivity index (χ3n) is 19.0. The molecule has 0 saturated carbocycles. The summed E-state index contributed by atoms with van der Waals surface area (Å²) in [5, 5.41) is 23.3.